The van der Waals surface area contributed by atoms with E-state index in [0.29, 0.717) is 5.82 Å². The Kier molecular flexibility index (Phi) is 5.71. The summed E-state index contributed by atoms with van der Waals surface area (Å²) >= 11 is 0. The van der Waals surface area contributed by atoms with E-state index < -0.39 is 0 Å². The number of hydrogen-bond acceptors (Lipinski definition) is 4. The summed E-state index contributed by atoms with van der Waals surface area (Å²) < 4.78 is 0. The molecule has 0 aliphatic heterocycles. The summed E-state index contributed by atoms with van der Waals surface area (Å²) in [5, 5.41) is 11.8. The van der Waals surface area contributed by atoms with Crippen LogP contribution in [0, 0.1) is 0 Å². The number of benzene rings is 1. The molecule has 0 fully saturated rings. The average Bonchev–Trinajstić information content (AvgIpc) is 2.51. The van der Waals surface area contributed by atoms with Gasteiger partial charge in [-0.3, -0.25) is 0 Å². The lowest BCUT2D eigenvalue weighted by molar-refractivity contribution is 0.744. The van der Waals surface area contributed by atoms with Gasteiger partial charge >= 0.3 is 0 Å². The molecule has 20 heavy (non-hydrogen) atoms. The van der Waals surface area contributed by atoms with Crippen LogP contribution in [0.1, 0.15) is 26.2 Å². The third-order valence-corrected chi connectivity index (χ3v) is 2.91. The molecule has 1 N–H and O–H groups in total. The Hall–Kier alpha value is -2.23. The molecule has 4 heteroatoms. The van der Waals surface area contributed by atoms with Crippen LogP contribution in [-0.2, 0) is 0 Å². The topological polar surface area (TPSA) is 49.6 Å². The highest BCUT2D eigenvalue weighted by Gasteiger charge is 1.99. The normalized spacial score (nSPS) is 10.8. The predicted octanol–water partition coefficient (Wildman–Crippen LogP) is 5.10. The molecule has 0 bridgehead atoms. The van der Waals surface area contributed by atoms with Crippen molar-refractivity contribution in [1.82, 2.24) is 4.98 Å². The third-order valence-electron chi connectivity index (χ3n) is 2.91. The summed E-state index contributed by atoms with van der Waals surface area (Å²) in [6, 6.07) is 13.5. The second-order valence-corrected chi connectivity index (χ2v) is 4.54. The van der Waals surface area contributed by atoms with E-state index in [1.54, 1.807) is 6.20 Å². The van der Waals surface area contributed by atoms with E-state index in [-0.39, 0.29) is 0 Å². The second-order valence-electron chi connectivity index (χ2n) is 4.54. The molecule has 0 radical (unpaired) electrons. The van der Waals surface area contributed by atoms with Crippen LogP contribution < -0.4 is 5.32 Å². The Morgan fingerprint density at radius 1 is 1.00 bits per heavy atom. The molecule has 1 aromatic carbocycles. The zero-order chi connectivity index (χ0) is 14.0. The summed E-state index contributed by atoms with van der Waals surface area (Å²) in [7, 11) is 0. The Balaban J connectivity index is 2.02. The molecule has 4 nitrogen and oxygen atoms in total. The molecule has 0 aliphatic rings. The molecule has 0 spiro atoms. The van der Waals surface area contributed by atoms with Gasteiger partial charge < -0.3 is 5.32 Å². The number of aromatic nitrogens is 1. The number of unbranched alkanes of at least 4 members (excludes halogenated alkanes) is 2. The van der Waals surface area contributed by atoms with Crippen LogP contribution in [0.25, 0.3) is 0 Å². The SMILES string of the molecule is CCCCCNc1ccccc1N=Nc1ccccn1. The fraction of sp³-hybridized carbons (Fsp3) is 0.312. The highest BCUT2D eigenvalue weighted by molar-refractivity contribution is 5.64. The number of para-hydroxylation sites is 1. The minimum atomic E-state index is 0.619. The third kappa shape index (κ3) is 4.46. The molecule has 1 aromatic heterocycles. The van der Waals surface area contributed by atoms with Crippen LogP contribution in [-0.4, -0.2) is 11.5 Å². The number of pyridine rings is 1. The van der Waals surface area contributed by atoms with Gasteiger partial charge in [-0.1, -0.05) is 38.0 Å². The standard InChI is InChI=1S/C16H20N4/c1-2-3-7-12-17-14-9-4-5-10-15(14)19-20-16-11-6-8-13-18-16/h4-6,8-11,13,17H,2-3,7,12H2,1H3. The average molecular weight is 268 g/mol. The van der Waals surface area contributed by atoms with Gasteiger partial charge in [0.25, 0.3) is 0 Å². The van der Waals surface area contributed by atoms with E-state index >= 15 is 0 Å². The predicted molar refractivity (Wildman–Crippen MR) is 82.9 cm³/mol. The maximum Gasteiger partial charge on any atom is 0.174 e. The summed E-state index contributed by atoms with van der Waals surface area (Å²) in [5.74, 6) is 0.619. The maximum absolute atomic E-state index is 4.28. The molecule has 0 saturated carbocycles. The first kappa shape index (κ1) is 14.2. The van der Waals surface area contributed by atoms with E-state index in [1.807, 2.05) is 42.5 Å². The summed E-state index contributed by atoms with van der Waals surface area (Å²) in [5.41, 5.74) is 1.86. The lowest BCUT2D eigenvalue weighted by Gasteiger charge is -2.07. The largest absolute Gasteiger partial charge is 0.383 e. The summed E-state index contributed by atoms with van der Waals surface area (Å²) in [6.07, 6.45) is 5.35. The van der Waals surface area contributed by atoms with Crippen LogP contribution >= 0.6 is 0 Å². The monoisotopic (exact) mass is 268 g/mol. The van der Waals surface area contributed by atoms with Gasteiger partial charge in [-0.25, -0.2) is 4.98 Å². The van der Waals surface area contributed by atoms with Crippen molar-refractivity contribution < 1.29 is 0 Å². The van der Waals surface area contributed by atoms with Crippen LogP contribution in [0.2, 0.25) is 0 Å². The fourth-order valence-corrected chi connectivity index (χ4v) is 1.83. The number of nitrogens with one attached hydrogen (secondary N) is 1. The van der Waals surface area contributed by atoms with Crippen LogP contribution in [0.15, 0.2) is 58.9 Å². The first-order chi connectivity index (χ1) is 9.90. The van der Waals surface area contributed by atoms with Crippen LogP contribution in [0.5, 0.6) is 0 Å². The molecule has 2 aromatic rings. The Bertz CT molecular complexity index is 537. The van der Waals surface area contributed by atoms with E-state index in [9.17, 15) is 0 Å². The molecule has 0 saturated heterocycles. The fourth-order valence-electron chi connectivity index (χ4n) is 1.83. The van der Waals surface area contributed by atoms with E-state index in [2.05, 4.69) is 27.5 Å². The van der Waals surface area contributed by atoms with E-state index in [4.69, 9.17) is 0 Å². The molecule has 0 amide bonds. The summed E-state index contributed by atoms with van der Waals surface area (Å²) in [4.78, 5) is 4.13. The molecule has 1 heterocycles. The van der Waals surface area contributed by atoms with Gasteiger partial charge in [0, 0.05) is 12.7 Å². The zero-order valence-corrected chi connectivity index (χ0v) is 11.8. The van der Waals surface area contributed by atoms with Gasteiger partial charge in [0.1, 0.15) is 5.69 Å². The van der Waals surface area contributed by atoms with Crippen molar-refractivity contribution in [2.24, 2.45) is 10.2 Å². The van der Waals surface area contributed by atoms with Crippen molar-refractivity contribution in [2.45, 2.75) is 26.2 Å². The van der Waals surface area contributed by atoms with Gasteiger partial charge in [0.2, 0.25) is 0 Å². The first-order valence-corrected chi connectivity index (χ1v) is 7.06. The smallest absolute Gasteiger partial charge is 0.174 e. The number of anilines is 1. The lowest BCUT2D eigenvalue weighted by atomic mass is 10.2. The van der Waals surface area contributed by atoms with Crippen molar-refractivity contribution in [1.29, 1.82) is 0 Å². The first-order valence-electron chi connectivity index (χ1n) is 7.06. The van der Waals surface area contributed by atoms with Crippen molar-refractivity contribution in [3.05, 3.63) is 48.7 Å². The van der Waals surface area contributed by atoms with Gasteiger partial charge in [-0.15, -0.1) is 10.2 Å². The van der Waals surface area contributed by atoms with Gasteiger partial charge in [0.05, 0.1) is 5.69 Å². The molecular formula is C16H20N4. The Morgan fingerprint density at radius 2 is 1.85 bits per heavy atom. The van der Waals surface area contributed by atoms with Crippen molar-refractivity contribution >= 4 is 17.2 Å². The highest BCUT2D eigenvalue weighted by atomic mass is 15.2. The zero-order valence-electron chi connectivity index (χ0n) is 11.8. The van der Waals surface area contributed by atoms with E-state index in [0.717, 1.165) is 17.9 Å². The summed E-state index contributed by atoms with van der Waals surface area (Å²) in [6.45, 7) is 3.17. The number of rotatable bonds is 7. The van der Waals surface area contributed by atoms with Crippen molar-refractivity contribution in [2.75, 3.05) is 11.9 Å². The number of hydrogen-bond donors (Lipinski definition) is 1. The molecule has 104 valence electrons. The number of nitrogens with zero attached hydrogens (tertiary/aromatic N) is 3. The molecule has 0 aliphatic carbocycles. The lowest BCUT2D eigenvalue weighted by Crippen LogP contribution is -2.01. The van der Waals surface area contributed by atoms with Gasteiger partial charge in [-0.05, 0) is 30.7 Å². The van der Waals surface area contributed by atoms with Crippen LogP contribution in [0.3, 0.4) is 0 Å². The quantitative estimate of drug-likeness (QED) is 0.561. The number of azo groups is 1. The minimum Gasteiger partial charge on any atom is -0.383 e. The van der Waals surface area contributed by atoms with Gasteiger partial charge in [-0.2, -0.15) is 0 Å². The molecule has 2 rings (SSSR count). The molecular weight excluding hydrogens is 248 g/mol. The van der Waals surface area contributed by atoms with Crippen LogP contribution in [0.4, 0.5) is 17.2 Å². The van der Waals surface area contributed by atoms with Crippen molar-refractivity contribution in [3.8, 4) is 0 Å². The molecule has 0 unspecified atom stereocenters. The Labute approximate surface area is 120 Å². The van der Waals surface area contributed by atoms with E-state index in [1.165, 1.54) is 19.3 Å². The maximum atomic E-state index is 4.28. The van der Waals surface area contributed by atoms with Crippen molar-refractivity contribution in [3.63, 3.8) is 0 Å². The molecule has 0 atom stereocenters. The minimum absolute atomic E-state index is 0.619. The Morgan fingerprint density at radius 3 is 2.65 bits per heavy atom. The van der Waals surface area contributed by atoms with Gasteiger partial charge in [0.15, 0.2) is 5.82 Å². The second kappa shape index (κ2) is 8.04. The highest BCUT2D eigenvalue weighted by Crippen LogP contribution is 2.26.